The molecule has 1 saturated heterocycles. The van der Waals surface area contributed by atoms with Gasteiger partial charge in [-0.3, -0.25) is 4.79 Å². The molecule has 4 heteroatoms. The Hall–Kier alpha value is -1.81. The zero-order valence-corrected chi connectivity index (χ0v) is 12.9. The van der Waals surface area contributed by atoms with Gasteiger partial charge in [-0.15, -0.1) is 0 Å². The van der Waals surface area contributed by atoms with Gasteiger partial charge in [-0.05, 0) is 61.8 Å². The van der Waals surface area contributed by atoms with Gasteiger partial charge in [-0.1, -0.05) is 12.1 Å². The Bertz CT molecular complexity index is 574. The number of nitrogen functional groups attached to an aromatic ring is 1. The molecule has 1 aromatic rings. The molecule has 0 bridgehead atoms. The zero-order chi connectivity index (χ0) is 15.4. The van der Waals surface area contributed by atoms with Crippen LogP contribution in [0.2, 0.25) is 0 Å². The number of benzene rings is 1. The molecule has 2 aliphatic rings. The van der Waals surface area contributed by atoms with Crippen molar-refractivity contribution in [2.24, 2.45) is 5.92 Å². The van der Waals surface area contributed by atoms with E-state index in [1.54, 1.807) is 0 Å². The van der Waals surface area contributed by atoms with Crippen LogP contribution in [-0.4, -0.2) is 19.1 Å². The van der Waals surface area contributed by atoms with Crippen molar-refractivity contribution in [2.45, 2.75) is 38.5 Å². The van der Waals surface area contributed by atoms with E-state index in [0.717, 1.165) is 31.4 Å². The molecule has 1 amide bonds. The van der Waals surface area contributed by atoms with Gasteiger partial charge < -0.3 is 15.8 Å². The summed E-state index contributed by atoms with van der Waals surface area (Å²) in [6, 6.07) is 5.96. The maximum atomic E-state index is 12.4. The fraction of sp³-hybridized carbons (Fsp3) is 0.500. The Labute approximate surface area is 131 Å². The summed E-state index contributed by atoms with van der Waals surface area (Å²) >= 11 is 0. The lowest BCUT2D eigenvalue weighted by Crippen LogP contribution is -2.28. The highest BCUT2D eigenvalue weighted by molar-refractivity contribution is 5.96. The van der Waals surface area contributed by atoms with E-state index in [2.05, 4.69) is 17.5 Å². The lowest BCUT2D eigenvalue weighted by atomic mass is 9.93. The monoisotopic (exact) mass is 300 g/mol. The van der Waals surface area contributed by atoms with E-state index >= 15 is 0 Å². The smallest absolute Gasteiger partial charge is 0.227 e. The number of hydrogen-bond donors (Lipinski definition) is 2. The molecule has 3 rings (SSSR count). The third kappa shape index (κ3) is 3.50. The zero-order valence-electron chi connectivity index (χ0n) is 12.9. The molecule has 0 unspecified atom stereocenters. The van der Waals surface area contributed by atoms with E-state index < -0.39 is 0 Å². The normalized spacial score (nSPS) is 19.5. The molecular formula is C18H24N2O2. The van der Waals surface area contributed by atoms with E-state index in [9.17, 15) is 4.79 Å². The summed E-state index contributed by atoms with van der Waals surface area (Å²) in [5.41, 5.74) is 9.95. The topological polar surface area (TPSA) is 64.3 Å². The van der Waals surface area contributed by atoms with Crippen molar-refractivity contribution in [1.29, 1.82) is 0 Å². The van der Waals surface area contributed by atoms with Crippen LogP contribution in [0.25, 0.3) is 5.57 Å². The first-order chi connectivity index (χ1) is 10.7. The molecule has 3 N–H and O–H groups in total. The van der Waals surface area contributed by atoms with E-state index in [0.29, 0.717) is 18.9 Å². The summed E-state index contributed by atoms with van der Waals surface area (Å²) in [4.78, 5) is 12.4. The van der Waals surface area contributed by atoms with Crippen LogP contribution in [0.4, 0.5) is 11.4 Å². The second kappa shape index (κ2) is 6.97. The SMILES string of the molecule is Nc1ccc(C2=CCCCC2)cc1NC(=O)C1CCOCC1. The lowest BCUT2D eigenvalue weighted by Gasteiger charge is -2.22. The molecule has 1 aliphatic heterocycles. The number of allylic oxidation sites excluding steroid dienone is 2. The molecular weight excluding hydrogens is 276 g/mol. The molecule has 0 radical (unpaired) electrons. The van der Waals surface area contributed by atoms with Gasteiger partial charge >= 0.3 is 0 Å². The predicted molar refractivity (Wildman–Crippen MR) is 89.5 cm³/mol. The van der Waals surface area contributed by atoms with Crippen LogP contribution >= 0.6 is 0 Å². The number of nitrogens with two attached hydrogens (primary N) is 1. The number of carbonyl (C=O) groups is 1. The first kappa shape index (κ1) is 15.1. The fourth-order valence-electron chi connectivity index (χ4n) is 3.16. The van der Waals surface area contributed by atoms with Crippen molar-refractivity contribution in [3.8, 4) is 0 Å². The van der Waals surface area contributed by atoms with Crippen molar-refractivity contribution in [1.82, 2.24) is 0 Å². The molecule has 1 fully saturated rings. The van der Waals surface area contributed by atoms with Crippen LogP contribution in [0.1, 0.15) is 44.1 Å². The number of rotatable bonds is 3. The van der Waals surface area contributed by atoms with Crippen LogP contribution < -0.4 is 11.1 Å². The van der Waals surface area contributed by atoms with Gasteiger partial charge in [-0.25, -0.2) is 0 Å². The number of hydrogen-bond acceptors (Lipinski definition) is 3. The highest BCUT2D eigenvalue weighted by atomic mass is 16.5. The van der Waals surface area contributed by atoms with Crippen molar-refractivity contribution < 1.29 is 9.53 Å². The second-order valence-electron chi connectivity index (χ2n) is 6.15. The number of ether oxygens (including phenoxy) is 1. The van der Waals surface area contributed by atoms with Crippen molar-refractivity contribution in [3.05, 3.63) is 29.8 Å². The van der Waals surface area contributed by atoms with Gasteiger partial charge in [0.25, 0.3) is 0 Å². The van der Waals surface area contributed by atoms with E-state index in [1.807, 2.05) is 12.1 Å². The lowest BCUT2D eigenvalue weighted by molar-refractivity contribution is -0.122. The minimum Gasteiger partial charge on any atom is -0.397 e. The maximum Gasteiger partial charge on any atom is 0.227 e. The van der Waals surface area contributed by atoms with Crippen LogP contribution in [0.15, 0.2) is 24.3 Å². The number of anilines is 2. The van der Waals surface area contributed by atoms with Crippen molar-refractivity contribution >= 4 is 22.9 Å². The molecule has 0 spiro atoms. The molecule has 0 atom stereocenters. The highest BCUT2D eigenvalue weighted by Gasteiger charge is 2.22. The molecule has 22 heavy (non-hydrogen) atoms. The number of carbonyl (C=O) groups excluding carboxylic acids is 1. The van der Waals surface area contributed by atoms with Gasteiger partial charge in [0, 0.05) is 19.1 Å². The summed E-state index contributed by atoms with van der Waals surface area (Å²) in [6.07, 6.45) is 8.64. The Balaban J connectivity index is 1.74. The predicted octanol–water partition coefficient (Wildman–Crippen LogP) is 3.59. The minimum absolute atomic E-state index is 0.0331. The Morgan fingerprint density at radius 3 is 2.77 bits per heavy atom. The van der Waals surface area contributed by atoms with Gasteiger partial charge in [0.1, 0.15) is 0 Å². The molecule has 1 aliphatic carbocycles. The third-order valence-corrected chi connectivity index (χ3v) is 4.57. The van der Waals surface area contributed by atoms with Crippen LogP contribution in [0.3, 0.4) is 0 Å². The third-order valence-electron chi connectivity index (χ3n) is 4.57. The standard InChI is InChI=1S/C18H24N2O2/c19-16-7-6-15(13-4-2-1-3-5-13)12-17(16)20-18(21)14-8-10-22-11-9-14/h4,6-7,12,14H,1-3,5,8-11,19H2,(H,20,21). The molecule has 0 saturated carbocycles. The van der Waals surface area contributed by atoms with Crippen molar-refractivity contribution in [3.63, 3.8) is 0 Å². The Morgan fingerprint density at radius 1 is 1.23 bits per heavy atom. The summed E-state index contributed by atoms with van der Waals surface area (Å²) in [7, 11) is 0. The second-order valence-corrected chi connectivity index (χ2v) is 6.15. The van der Waals surface area contributed by atoms with Gasteiger partial charge in [0.15, 0.2) is 0 Å². The van der Waals surface area contributed by atoms with E-state index in [-0.39, 0.29) is 11.8 Å². The van der Waals surface area contributed by atoms with E-state index in [1.165, 1.54) is 24.0 Å². The van der Waals surface area contributed by atoms with Crippen LogP contribution in [0, 0.1) is 5.92 Å². The first-order valence-electron chi connectivity index (χ1n) is 8.21. The summed E-state index contributed by atoms with van der Waals surface area (Å²) in [5, 5.41) is 3.01. The highest BCUT2D eigenvalue weighted by Crippen LogP contribution is 2.31. The quantitative estimate of drug-likeness (QED) is 0.838. The van der Waals surface area contributed by atoms with Gasteiger partial charge in [0.05, 0.1) is 11.4 Å². The molecule has 0 aromatic heterocycles. The average Bonchev–Trinajstić information content (AvgIpc) is 2.58. The molecule has 118 valence electrons. The van der Waals surface area contributed by atoms with Gasteiger partial charge in [0.2, 0.25) is 5.91 Å². The van der Waals surface area contributed by atoms with E-state index in [4.69, 9.17) is 10.5 Å². The Morgan fingerprint density at radius 2 is 2.05 bits per heavy atom. The van der Waals surface area contributed by atoms with Crippen LogP contribution in [0.5, 0.6) is 0 Å². The summed E-state index contributed by atoms with van der Waals surface area (Å²) < 4.78 is 5.31. The maximum absolute atomic E-state index is 12.4. The first-order valence-corrected chi connectivity index (χ1v) is 8.21. The number of amides is 1. The average molecular weight is 300 g/mol. The fourth-order valence-corrected chi connectivity index (χ4v) is 3.16. The molecule has 4 nitrogen and oxygen atoms in total. The van der Waals surface area contributed by atoms with Crippen molar-refractivity contribution in [2.75, 3.05) is 24.3 Å². The number of nitrogens with one attached hydrogen (secondary N) is 1. The van der Waals surface area contributed by atoms with Gasteiger partial charge in [-0.2, -0.15) is 0 Å². The summed E-state index contributed by atoms with van der Waals surface area (Å²) in [6.45, 7) is 1.33. The van der Waals surface area contributed by atoms with Crippen LogP contribution in [-0.2, 0) is 9.53 Å². The molecule has 1 aromatic carbocycles. The molecule has 1 heterocycles. The Kier molecular flexibility index (Phi) is 4.78. The largest absolute Gasteiger partial charge is 0.397 e. The summed E-state index contributed by atoms with van der Waals surface area (Å²) in [5.74, 6) is 0.0930. The minimum atomic E-state index is 0.0331.